The highest BCUT2D eigenvalue weighted by atomic mass is 16.5. The fraction of sp³-hybridized carbons (Fsp3) is 0.438. The van der Waals surface area contributed by atoms with Crippen LogP contribution < -0.4 is 24.7 Å². The van der Waals surface area contributed by atoms with E-state index in [0.717, 1.165) is 18.8 Å². The third-order valence-corrected chi connectivity index (χ3v) is 3.62. The molecular formula is C16H21NO5. The summed E-state index contributed by atoms with van der Waals surface area (Å²) in [7, 11) is 4.62. The van der Waals surface area contributed by atoms with Gasteiger partial charge in [0.25, 0.3) is 0 Å². The number of fused-ring (bicyclic) bond motifs is 1. The van der Waals surface area contributed by atoms with Crippen LogP contribution in [-0.4, -0.2) is 34.4 Å². The van der Waals surface area contributed by atoms with Gasteiger partial charge in [-0.3, -0.25) is 0 Å². The zero-order valence-corrected chi connectivity index (χ0v) is 13.6. The molecule has 1 heterocycles. The van der Waals surface area contributed by atoms with Gasteiger partial charge < -0.3 is 23.5 Å². The van der Waals surface area contributed by atoms with Crippen LogP contribution in [0.4, 0.5) is 5.69 Å². The minimum Gasteiger partial charge on any atom is -0.493 e. The number of anilines is 1. The van der Waals surface area contributed by atoms with Gasteiger partial charge in [0.05, 0.1) is 32.4 Å². The molecule has 0 saturated carbocycles. The van der Waals surface area contributed by atoms with Gasteiger partial charge in [0, 0.05) is 25.2 Å². The van der Waals surface area contributed by atoms with Crippen molar-refractivity contribution in [1.29, 1.82) is 0 Å². The molecule has 6 nitrogen and oxygen atoms in total. The molecule has 0 aliphatic rings. The Morgan fingerprint density at radius 2 is 1.64 bits per heavy atom. The van der Waals surface area contributed by atoms with Crippen molar-refractivity contribution >= 4 is 16.7 Å². The molecule has 0 fully saturated rings. The molecule has 6 heteroatoms. The molecule has 0 aliphatic heterocycles. The summed E-state index contributed by atoms with van der Waals surface area (Å²) in [6.07, 6.45) is 0. The van der Waals surface area contributed by atoms with Crippen molar-refractivity contribution < 1.29 is 18.6 Å². The summed E-state index contributed by atoms with van der Waals surface area (Å²) in [5.74, 6) is 1.41. The van der Waals surface area contributed by atoms with E-state index in [1.54, 1.807) is 20.3 Å². The van der Waals surface area contributed by atoms with Crippen LogP contribution in [0.3, 0.4) is 0 Å². The maximum absolute atomic E-state index is 11.9. The quantitative estimate of drug-likeness (QED) is 0.765. The lowest BCUT2D eigenvalue weighted by atomic mass is 10.1. The molecule has 0 radical (unpaired) electrons. The summed E-state index contributed by atoms with van der Waals surface area (Å²) >= 11 is 0. The van der Waals surface area contributed by atoms with Gasteiger partial charge in [-0.1, -0.05) is 0 Å². The summed E-state index contributed by atoms with van der Waals surface area (Å²) in [4.78, 5) is 14.0. The first kappa shape index (κ1) is 16.0. The Kier molecular flexibility index (Phi) is 4.80. The minimum atomic E-state index is -0.413. The van der Waals surface area contributed by atoms with E-state index >= 15 is 0 Å². The number of hydrogen-bond donors (Lipinski definition) is 0. The lowest BCUT2D eigenvalue weighted by molar-refractivity contribution is 0.326. The third kappa shape index (κ3) is 2.56. The molecule has 0 amide bonds. The fourth-order valence-electron chi connectivity index (χ4n) is 2.59. The molecule has 22 heavy (non-hydrogen) atoms. The molecule has 0 N–H and O–H groups in total. The fourth-order valence-corrected chi connectivity index (χ4v) is 2.59. The zero-order valence-electron chi connectivity index (χ0n) is 13.6. The highest BCUT2D eigenvalue weighted by molar-refractivity contribution is 5.99. The Balaban J connectivity index is 2.94. The number of ether oxygens (including phenoxy) is 3. The van der Waals surface area contributed by atoms with Gasteiger partial charge in [0.1, 0.15) is 5.58 Å². The largest absolute Gasteiger partial charge is 0.493 e. The van der Waals surface area contributed by atoms with Gasteiger partial charge in [0.15, 0.2) is 11.5 Å². The molecule has 2 rings (SSSR count). The van der Waals surface area contributed by atoms with Crippen molar-refractivity contribution in [3.05, 3.63) is 22.6 Å². The van der Waals surface area contributed by atoms with Crippen LogP contribution in [0.25, 0.3) is 11.0 Å². The minimum absolute atomic E-state index is 0.406. The first-order valence-corrected chi connectivity index (χ1v) is 7.12. The molecular weight excluding hydrogens is 286 g/mol. The van der Waals surface area contributed by atoms with Crippen molar-refractivity contribution in [2.45, 2.75) is 13.8 Å². The van der Waals surface area contributed by atoms with Crippen LogP contribution in [-0.2, 0) is 0 Å². The second-order valence-corrected chi connectivity index (χ2v) is 4.64. The van der Waals surface area contributed by atoms with E-state index in [0.29, 0.717) is 28.2 Å². The van der Waals surface area contributed by atoms with Crippen LogP contribution in [0.5, 0.6) is 17.2 Å². The summed E-state index contributed by atoms with van der Waals surface area (Å²) in [6.45, 7) is 5.56. The highest BCUT2D eigenvalue weighted by Crippen LogP contribution is 2.46. The van der Waals surface area contributed by atoms with E-state index in [2.05, 4.69) is 4.90 Å². The molecule has 2 aromatic rings. The molecule has 1 aromatic carbocycles. The predicted molar refractivity (Wildman–Crippen MR) is 85.7 cm³/mol. The van der Waals surface area contributed by atoms with Gasteiger partial charge >= 0.3 is 5.63 Å². The average molecular weight is 307 g/mol. The normalized spacial score (nSPS) is 10.6. The first-order chi connectivity index (χ1) is 10.6. The van der Waals surface area contributed by atoms with Crippen LogP contribution in [0.1, 0.15) is 13.8 Å². The maximum Gasteiger partial charge on any atom is 0.338 e. The molecule has 0 spiro atoms. The van der Waals surface area contributed by atoms with Crippen molar-refractivity contribution in [3.8, 4) is 17.2 Å². The van der Waals surface area contributed by atoms with E-state index in [1.165, 1.54) is 13.2 Å². The predicted octanol–water partition coefficient (Wildman–Crippen LogP) is 2.67. The van der Waals surface area contributed by atoms with E-state index in [9.17, 15) is 4.79 Å². The molecule has 1 aromatic heterocycles. The van der Waals surface area contributed by atoms with Crippen molar-refractivity contribution in [2.24, 2.45) is 0 Å². The second-order valence-electron chi connectivity index (χ2n) is 4.64. The molecule has 0 aliphatic carbocycles. The number of benzene rings is 1. The van der Waals surface area contributed by atoms with E-state index in [-0.39, 0.29) is 0 Å². The SMILES string of the molecule is CCN(CC)c1cc(=O)oc2cc(OC)c(OC)c(OC)c12. The maximum atomic E-state index is 11.9. The average Bonchev–Trinajstić information content (AvgIpc) is 2.53. The van der Waals surface area contributed by atoms with Crippen molar-refractivity contribution in [2.75, 3.05) is 39.3 Å². The van der Waals surface area contributed by atoms with Crippen molar-refractivity contribution in [1.82, 2.24) is 0 Å². The second kappa shape index (κ2) is 6.60. The highest BCUT2D eigenvalue weighted by Gasteiger charge is 2.22. The Morgan fingerprint density at radius 1 is 1.00 bits per heavy atom. The topological polar surface area (TPSA) is 61.1 Å². The number of rotatable bonds is 6. The zero-order chi connectivity index (χ0) is 16.3. The monoisotopic (exact) mass is 307 g/mol. The lowest BCUT2D eigenvalue weighted by Crippen LogP contribution is -2.23. The summed E-state index contributed by atoms with van der Waals surface area (Å²) in [5, 5.41) is 0.698. The molecule has 0 saturated heterocycles. The Bertz CT molecular complexity index is 719. The van der Waals surface area contributed by atoms with Crippen LogP contribution in [0, 0.1) is 0 Å². The van der Waals surface area contributed by atoms with Gasteiger partial charge in [-0.05, 0) is 13.8 Å². The van der Waals surface area contributed by atoms with Crippen molar-refractivity contribution in [3.63, 3.8) is 0 Å². The smallest absolute Gasteiger partial charge is 0.338 e. The molecule has 0 bridgehead atoms. The Labute approximate surface area is 129 Å². The van der Waals surface area contributed by atoms with Gasteiger partial charge in [-0.15, -0.1) is 0 Å². The van der Waals surface area contributed by atoms with Gasteiger partial charge in [-0.25, -0.2) is 4.79 Å². The summed E-state index contributed by atoms with van der Waals surface area (Å²) in [6, 6.07) is 3.12. The first-order valence-electron chi connectivity index (χ1n) is 7.12. The number of hydrogen-bond acceptors (Lipinski definition) is 6. The number of methoxy groups -OCH3 is 3. The van der Waals surface area contributed by atoms with Gasteiger partial charge in [-0.2, -0.15) is 0 Å². The van der Waals surface area contributed by atoms with Crippen LogP contribution in [0.2, 0.25) is 0 Å². The summed E-state index contributed by atoms with van der Waals surface area (Å²) in [5.41, 5.74) is 0.752. The lowest BCUT2D eigenvalue weighted by Gasteiger charge is -2.24. The van der Waals surface area contributed by atoms with E-state index in [4.69, 9.17) is 18.6 Å². The molecule has 0 atom stereocenters. The van der Waals surface area contributed by atoms with Gasteiger partial charge in [0.2, 0.25) is 5.75 Å². The van der Waals surface area contributed by atoms with E-state index in [1.807, 2.05) is 13.8 Å². The third-order valence-electron chi connectivity index (χ3n) is 3.62. The van der Waals surface area contributed by atoms with Crippen LogP contribution >= 0.6 is 0 Å². The Morgan fingerprint density at radius 3 is 2.14 bits per heavy atom. The van der Waals surface area contributed by atoms with Crippen LogP contribution in [0.15, 0.2) is 21.3 Å². The molecule has 0 unspecified atom stereocenters. The summed E-state index contributed by atoms with van der Waals surface area (Å²) < 4.78 is 21.6. The Hall–Kier alpha value is -2.37. The molecule has 120 valence electrons. The van der Waals surface area contributed by atoms with E-state index < -0.39 is 5.63 Å². The standard InChI is InChI=1S/C16H21NO5/c1-6-17(7-2)10-8-13(18)22-11-9-12(19-3)15(20-4)16(21-5)14(10)11/h8-9H,6-7H2,1-5H3. The number of nitrogens with zero attached hydrogens (tertiary/aromatic N) is 1.